The van der Waals surface area contributed by atoms with Crippen LogP contribution in [0.5, 0.6) is 0 Å². The molecule has 0 aliphatic carbocycles. The van der Waals surface area contributed by atoms with Gasteiger partial charge < -0.3 is 5.32 Å². The van der Waals surface area contributed by atoms with E-state index in [1.54, 1.807) is 4.68 Å². The zero-order valence-electron chi connectivity index (χ0n) is 10.8. The van der Waals surface area contributed by atoms with Crippen molar-refractivity contribution >= 4 is 15.9 Å². The minimum atomic E-state index is -0.0198. The molecule has 1 unspecified atom stereocenters. The van der Waals surface area contributed by atoms with Gasteiger partial charge in [-0.05, 0) is 42.9 Å². The summed E-state index contributed by atoms with van der Waals surface area (Å²) in [6, 6.07) is 2.01. The summed E-state index contributed by atoms with van der Waals surface area (Å²) in [6.45, 7) is 3.88. The Labute approximate surface area is 114 Å². The fourth-order valence-corrected chi connectivity index (χ4v) is 2.50. The molecule has 2 aromatic heterocycles. The van der Waals surface area contributed by atoms with Crippen LogP contribution in [-0.2, 0) is 7.05 Å². The average Bonchev–Trinajstić information content (AvgIpc) is 2.66. The van der Waals surface area contributed by atoms with Crippen LogP contribution in [0.4, 0.5) is 0 Å². The van der Waals surface area contributed by atoms with Gasteiger partial charge in [0, 0.05) is 12.6 Å². The van der Waals surface area contributed by atoms with Gasteiger partial charge in [-0.25, -0.2) is 4.68 Å². The van der Waals surface area contributed by atoms with Gasteiger partial charge >= 0.3 is 0 Å². The van der Waals surface area contributed by atoms with Gasteiger partial charge in [0.25, 0.3) is 0 Å². The van der Waals surface area contributed by atoms with Crippen molar-refractivity contribution < 1.29 is 0 Å². The van der Waals surface area contributed by atoms with E-state index in [4.69, 9.17) is 0 Å². The van der Waals surface area contributed by atoms with Crippen LogP contribution < -0.4 is 5.32 Å². The maximum atomic E-state index is 4.16. The topological polar surface area (TPSA) is 68.5 Å². The third-order valence-corrected chi connectivity index (χ3v) is 3.40. The van der Waals surface area contributed by atoms with E-state index in [2.05, 4.69) is 41.8 Å². The highest BCUT2D eigenvalue weighted by Crippen LogP contribution is 2.27. The van der Waals surface area contributed by atoms with Crippen LogP contribution in [0.3, 0.4) is 0 Å². The first kappa shape index (κ1) is 13.1. The summed E-state index contributed by atoms with van der Waals surface area (Å²) in [5, 5.41) is 19.5. The first-order valence-corrected chi connectivity index (χ1v) is 6.37. The van der Waals surface area contributed by atoms with E-state index in [9.17, 15) is 0 Å². The van der Waals surface area contributed by atoms with Crippen LogP contribution in [0.15, 0.2) is 10.7 Å². The van der Waals surface area contributed by atoms with Crippen LogP contribution in [0.25, 0.3) is 0 Å². The summed E-state index contributed by atoms with van der Waals surface area (Å²) in [5.74, 6) is 0. The van der Waals surface area contributed by atoms with E-state index in [-0.39, 0.29) is 6.04 Å². The molecule has 0 aromatic carbocycles. The second kappa shape index (κ2) is 5.11. The third-order valence-electron chi connectivity index (χ3n) is 2.84. The maximum Gasteiger partial charge on any atom is 0.153 e. The summed E-state index contributed by atoms with van der Waals surface area (Å²) in [6.07, 6.45) is 0. The van der Waals surface area contributed by atoms with Crippen molar-refractivity contribution in [3.63, 3.8) is 0 Å². The molecule has 2 rings (SSSR count). The number of nitrogens with one attached hydrogen (secondary N) is 1. The lowest BCUT2D eigenvalue weighted by atomic mass is 10.0. The largest absolute Gasteiger partial charge is 0.308 e. The molecular weight excluding hydrogens is 296 g/mol. The van der Waals surface area contributed by atoms with Crippen molar-refractivity contribution in [3.8, 4) is 0 Å². The number of halogens is 1. The van der Waals surface area contributed by atoms with E-state index < -0.39 is 0 Å². The summed E-state index contributed by atoms with van der Waals surface area (Å²) in [5.41, 5.74) is 3.83. The van der Waals surface area contributed by atoms with E-state index in [0.29, 0.717) is 0 Å². The van der Waals surface area contributed by atoms with Crippen molar-refractivity contribution in [1.29, 1.82) is 0 Å². The normalized spacial score (nSPS) is 12.7. The van der Waals surface area contributed by atoms with Crippen LogP contribution in [0.1, 0.15) is 28.7 Å². The molecule has 7 heteroatoms. The summed E-state index contributed by atoms with van der Waals surface area (Å²) in [7, 11) is 3.77. The number of hydrogen-bond donors (Lipinski definition) is 1. The predicted octanol–water partition coefficient (Wildman–Crippen LogP) is 1.29. The van der Waals surface area contributed by atoms with Crippen LogP contribution in [0, 0.1) is 13.8 Å². The lowest BCUT2D eigenvalue weighted by molar-refractivity contribution is 0.590. The Morgan fingerprint density at radius 3 is 2.56 bits per heavy atom. The minimum absolute atomic E-state index is 0.0198. The van der Waals surface area contributed by atoms with Gasteiger partial charge in [0.15, 0.2) is 4.60 Å². The highest BCUT2D eigenvalue weighted by Gasteiger charge is 2.22. The van der Waals surface area contributed by atoms with Crippen molar-refractivity contribution in [1.82, 2.24) is 30.5 Å². The highest BCUT2D eigenvalue weighted by atomic mass is 79.9. The van der Waals surface area contributed by atoms with E-state index >= 15 is 0 Å². The molecule has 0 radical (unpaired) electrons. The van der Waals surface area contributed by atoms with Crippen molar-refractivity contribution in [2.75, 3.05) is 7.05 Å². The number of hydrogen-bond acceptors (Lipinski definition) is 5. The molecule has 0 saturated heterocycles. The number of aryl methyl sites for hydroxylation is 3. The number of aromatic nitrogens is 5. The maximum absolute atomic E-state index is 4.16. The van der Waals surface area contributed by atoms with E-state index in [1.807, 2.05) is 34.0 Å². The van der Waals surface area contributed by atoms with Crippen LogP contribution >= 0.6 is 15.9 Å². The van der Waals surface area contributed by atoms with Gasteiger partial charge in [-0.1, -0.05) is 5.21 Å². The molecule has 2 heterocycles. The van der Waals surface area contributed by atoms with E-state index in [0.717, 1.165) is 27.2 Å². The Morgan fingerprint density at radius 1 is 1.28 bits per heavy atom. The Morgan fingerprint density at radius 2 is 2.00 bits per heavy atom. The monoisotopic (exact) mass is 310 g/mol. The Hall–Kier alpha value is -1.34. The van der Waals surface area contributed by atoms with Gasteiger partial charge in [-0.2, -0.15) is 10.2 Å². The molecule has 96 valence electrons. The molecule has 0 amide bonds. The first-order valence-electron chi connectivity index (χ1n) is 5.57. The van der Waals surface area contributed by atoms with Gasteiger partial charge in [0.05, 0.1) is 23.1 Å². The van der Waals surface area contributed by atoms with Gasteiger partial charge in [0.1, 0.15) is 0 Å². The molecule has 2 aromatic rings. The Balaban J connectivity index is 2.55. The Bertz CT molecular complexity index is 545. The smallest absolute Gasteiger partial charge is 0.153 e. The lowest BCUT2D eigenvalue weighted by Crippen LogP contribution is -2.22. The SMILES string of the molecule is CNC(c1cc(C)nnc1C)c1c(Br)nnn1C. The molecule has 0 aliphatic heterocycles. The molecule has 0 spiro atoms. The lowest BCUT2D eigenvalue weighted by Gasteiger charge is -2.18. The predicted molar refractivity (Wildman–Crippen MR) is 71.1 cm³/mol. The summed E-state index contributed by atoms with van der Waals surface area (Å²) >= 11 is 3.43. The molecular formula is C11H15BrN6. The second-order valence-corrected chi connectivity index (χ2v) is 4.89. The molecule has 0 aliphatic rings. The van der Waals surface area contributed by atoms with Crippen molar-refractivity contribution in [3.05, 3.63) is 33.3 Å². The second-order valence-electron chi connectivity index (χ2n) is 4.14. The van der Waals surface area contributed by atoms with Gasteiger partial charge in [0.2, 0.25) is 0 Å². The first-order chi connectivity index (χ1) is 8.54. The molecule has 0 fully saturated rings. The summed E-state index contributed by atoms with van der Waals surface area (Å²) in [4.78, 5) is 0. The number of nitrogens with zero attached hydrogens (tertiary/aromatic N) is 5. The van der Waals surface area contributed by atoms with Crippen LogP contribution in [0.2, 0.25) is 0 Å². The molecule has 18 heavy (non-hydrogen) atoms. The molecule has 6 nitrogen and oxygen atoms in total. The zero-order valence-corrected chi connectivity index (χ0v) is 12.4. The van der Waals surface area contributed by atoms with Gasteiger partial charge in [-0.15, -0.1) is 5.10 Å². The zero-order chi connectivity index (χ0) is 13.3. The van der Waals surface area contributed by atoms with Crippen molar-refractivity contribution in [2.24, 2.45) is 7.05 Å². The molecule has 1 atom stereocenters. The number of rotatable bonds is 3. The highest BCUT2D eigenvalue weighted by molar-refractivity contribution is 9.10. The van der Waals surface area contributed by atoms with Crippen LogP contribution in [-0.4, -0.2) is 32.2 Å². The third kappa shape index (κ3) is 2.28. The Kier molecular flexibility index (Phi) is 3.72. The van der Waals surface area contributed by atoms with E-state index in [1.165, 1.54) is 0 Å². The molecule has 0 saturated carbocycles. The average molecular weight is 311 g/mol. The fourth-order valence-electron chi connectivity index (χ4n) is 1.95. The molecule has 1 N–H and O–H groups in total. The minimum Gasteiger partial charge on any atom is -0.308 e. The van der Waals surface area contributed by atoms with Crippen molar-refractivity contribution in [2.45, 2.75) is 19.9 Å². The standard InChI is InChI=1S/C11H15BrN6/c1-6-5-8(7(2)15-14-6)9(13-3)10-11(12)16-17-18(10)4/h5,9,13H,1-4H3. The fraction of sp³-hybridized carbons (Fsp3) is 0.455. The summed E-state index contributed by atoms with van der Waals surface area (Å²) < 4.78 is 2.48. The van der Waals surface area contributed by atoms with Gasteiger partial charge in [-0.3, -0.25) is 0 Å². The quantitative estimate of drug-likeness (QED) is 0.925. The molecule has 0 bridgehead atoms.